The van der Waals surface area contributed by atoms with Crippen LogP contribution in [0.1, 0.15) is 25.7 Å². The summed E-state index contributed by atoms with van der Waals surface area (Å²) in [7, 11) is 1.48. The molecule has 0 aromatic carbocycles. The maximum absolute atomic E-state index is 11.3. The Kier molecular flexibility index (Phi) is 4.20. The summed E-state index contributed by atoms with van der Waals surface area (Å²) in [5.74, 6) is 0.969. The number of carbonyl (C=O) groups excluding carboxylic acids is 1. The molecule has 2 rings (SSSR count). The Morgan fingerprint density at radius 1 is 1.36 bits per heavy atom. The fourth-order valence-corrected chi connectivity index (χ4v) is 2.19. The summed E-state index contributed by atoms with van der Waals surface area (Å²) in [6.07, 6.45) is 4.60. The minimum atomic E-state index is -0.0212. The molecule has 1 heterocycles. The van der Waals surface area contributed by atoms with Crippen LogP contribution in [0.3, 0.4) is 0 Å². The Labute approximate surface area is 91.0 Å². The standard InChI is InChI=1S/C10H17NO2.ClH/c1-13-10(12)8-4-5-11-9(6-8)7-2-3-7;/h7-9,11H,2-6H2,1H3;1H/t8-,9-;/m1./s1. The molecule has 0 spiro atoms. The lowest BCUT2D eigenvalue weighted by atomic mass is 9.90. The lowest BCUT2D eigenvalue weighted by Crippen LogP contribution is -2.42. The van der Waals surface area contributed by atoms with Gasteiger partial charge in [-0.05, 0) is 38.1 Å². The van der Waals surface area contributed by atoms with Crippen LogP contribution in [0.2, 0.25) is 0 Å². The van der Waals surface area contributed by atoms with Crippen LogP contribution >= 0.6 is 12.4 Å². The number of methoxy groups -OCH3 is 1. The van der Waals surface area contributed by atoms with Gasteiger partial charge in [-0.1, -0.05) is 0 Å². The SMILES string of the molecule is COC(=O)[C@@H]1CCN[C@@H](C2CC2)C1.Cl. The fraction of sp³-hybridized carbons (Fsp3) is 0.900. The van der Waals surface area contributed by atoms with Gasteiger partial charge in [-0.25, -0.2) is 0 Å². The van der Waals surface area contributed by atoms with Gasteiger partial charge in [0, 0.05) is 6.04 Å². The summed E-state index contributed by atoms with van der Waals surface area (Å²) in [4.78, 5) is 11.3. The zero-order chi connectivity index (χ0) is 9.26. The Hall–Kier alpha value is -0.280. The molecule has 4 heteroatoms. The van der Waals surface area contributed by atoms with Crippen molar-refractivity contribution in [3.8, 4) is 0 Å². The third-order valence-electron chi connectivity index (χ3n) is 3.16. The molecule has 2 fully saturated rings. The summed E-state index contributed by atoms with van der Waals surface area (Å²) in [5, 5.41) is 3.48. The van der Waals surface area contributed by atoms with E-state index in [4.69, 9.17) is 4.74 Å². The average Bonchev–Trinajstić information content (AvgIpc) is 3.00. The van der Waals surface area contributed by atoms with Gasteiger partial charge in [0.2, 0.25) is 0 Å². The van der Waals surface area contributed by atoms with Crippen molar-refractivity contribution in [1.82, 2.24) is 5.32 Å². The topological polar surface area (TPSA) is 38.3 Å². The van der Waals surface area contributed by atoms with E-state index in [-0.39, 0.29) is 24.3 Å². The highest BCUT2D eigenvalue weighted by Crippen LogP contribution is 2.37. The van der Waals surface area contributed by atoms with E-state index in [0.29, 0.717) is 6.04 Å². The second-order valence-electron chi connectivity index (χ2n) is 4.14. The van der Waals surface area contributed by atoms with Crippen LogP contribution in [0.15, 0.2) is 0 Å². The number of rotatable bonds is 2. The predicted octanol–water partition coefficient (Wildman–Crippen LogP) is 1.36. The third kappa shape index (κ3) is 2.61. The molecular weight excluding hydrogens is 202 g/mol. The first-order chi connectivity index (χ1) is 6.31. The van der Waals surface area contributed by atoms with Crippen LogP contribution in [0.4, 0.5) is 0 Å². The van der Waals surface area contributed by atoms with Crippen molar-refractivity contribution >= 4 is 18.4 Å². The molecule has 2 aliphatic rings. The first-order valence-electron chi connectivity index (χ1n) is 5.12. The van der Waals surface area contributed by atoms with Crippen LogP contribution in [0.5, 0.6) is 0 Å². The van der Waals surface area contributed by atoms with Crippen molar-refractivity contribution in [1.29, 1.82) is 0 Å². The molecule has 2 atom stereocenters. The second kappa shape index (κ2) is 4.99. The summed E-state index contributed by atoms with van der Waals surface area (Å²) < 4.78 is 4.77. The maximum atomic E-state index is 11.3. The highest BCUT2D eigenvalue weighted by molar-refractivity contribution is 5.85. The number of ether oxygens (including phenoxy) is 1. The van der Waals surface area contributed by atoms with Gasteiger partial charge in [-0.3, -0.25) is 4.79 Å². The molecule has 0 radical (unpaired) electrons. The molecular formula is C10H18ClNO2. The molecule has 0 unspecified atom stereocenters. The smallest absolute Gasteiger partial charge is 0.308 e. The Balaban J connectivity index is 0.000000980. The Bertz CT molecular complexity index is 206. The monoisotopic (exact) mass is 219 g/mol. The molecule has 3 nitrogen and oxygen atoms in total. The van der Waals surface area contributed by atoms with Crippen molar-refractivity contribution in [2.45, 2.75) is 31.7 Å². The van der Waals surface area contributed by atoms with E-state index in [2.05, 4.69) is 5.32 Å². The van der Waals surface area contributed by atoms with E-state index in [1.165, 1.54) is 20.0 Å². The number of hydrogen-bond acceptors (Lipinski definition) is 3. The van der Waals surface area contributed by atoms with Gasteiger partial charge < -0.3 is 10.1 Å². The predicted molar refractivity (Wildman–Crippen MR) is 56.5 cm³/mol. The van der Waals surface area contributed by atoms with E-state index < -0.39 is 0 Å². The molecule has 0 aromatic rings. The van der Waals surface area contributed by atoms with Crippen LogP contribution in [0.25, 0.3) is 0 Å². The van der Waals surface area contributed by atoms with E-state index in [0.717, 1.165) is 25.3 Å². The second-order valence-corrected chi connectivity index (χ2v) is 4.14. The normalized spacial score (nSPS) is 31.8. The molecule has 0 amide bonds. The first kappa shape index (κ1) is 11.8. The molecule has 1 aliphatic carbocycles. The highest BCUT2D eigenvalue weighted by Gasteiger charge is 2.36. The minimum absolute atomic E-state index is 0. The summed E-state index contributed by atoms with van der Waals surface area (Å²) in [6.45, 7) is 0.973. The number of carbonyl (C=O) groups is 1. The van der Waals surface area contributed by atoms with Crippen molar-refractivity contribution in [2.75, 3.05) is 13.7 Å². The molecule has 0 bridgehead atoms. The van der Waals surface area contributed by atoms with E-state index >= 15 is 0 Å². The van der Waals surface area contributed by atoms with Gasteiger partial charge in [0.05, 0.1) is 13.0 Å². The number of hydrogen-bond donors (Lipinski definition) is 1. The van der Waals surface area contributed by atoms with Crippen LogP contribution < -0.4 is 5.32 Å². The molecule has 1 saturated carbocycles. The summed E-state index contributed by atoms with van der Waals surface area (Å²) in [6, 6.07) is 0.581. The van der Waals surface area contributed by atoms with E-state index in [9.17, 15) is 4.79 Å². The van der Waals surface area contributed by atoms with Gasteiger partial charge in [-0.15, -0.1) is 12.4 Å². The van der Waals surface area contributed by atoms with Crippen LogP contribution in [0, 0.1) is 11.8 Å². The van der Waals surface area contributed by atoms with Crippen LogP contribution in [-0.4, -0.2) is 25.7 Å². The molecule has 82 valence electrons. The summed E-state index contributed by atoms with van der Waals surface area (Å²) in [5.41, 5.74) is 0. The van der Waals surface area contributed by atoms with Gasteiger partial charge in [0.1, 0.15) is 0 Å². The molecule has 1 N–H and O–H groups in total. The Morgan fingerprint density at radius 3 is 2.64 bits per heavy atom. The zero-order valence-electron chi connectivity index (χ0n) is 8.49. The van der Waals surface area contributed by atoms with Crippen molar-refractivity contribution in [2.24, 2.45) is 11.8 Å². The molecule has 0 aromatic heterocycles. The number of nitrogens with one attached hydrogen (secondary N) is 1. The highest BCUT2D eigenvalue weighted by atomic mass is 35.5. The van der Waals surface area contributed by atoms with Crippen molar-refractivity contribution in [3.63, 3.8) is 0 Å². The average molecular weight is 220 g/mol. The third-order valence-corrected chi connectivity index (χ3v) is 3.16. The van der Waals surface area contributed by atoms with Gasteiger partial charge >= 0.3 is 5.97 Å². The lowest BCUT2D eigenvalue weighted by Gasteiger charge is -2.28. The lowest BCUT2D eigenvalue weighted by molar-refractivity contribution is -0.146. The maximum Gasteiger partial charge on any atom is 0.308 e. The zero-order valence-corrected chi connectivity index (χ0v) is 9.31. The van der Waals surface area contributed by atoms with Crippen LogP contribution in [-0.2, 0) is 9.53 Å². The minimum Gasteiger partial charge on any atom is -0.469 e. The number of esters is 1. The van der Waals surface area contributed by atoms with Crippen molar-refractivity contribution < 1.29 is 9.53 Å². The quantitative estimate of drug-likeness (QED) is 0.713. The molecule has 14 heavy (non-hydrogen) atoms. The van der Waals surface area contributed by atoms with Gasteiger partial charge in [0.15, 0.2) is 0 Å². The van der Waals surface area contributed by atoms with E-state index in [1.54, 1.807) is 0 Å². The fourth-order valence-electron chi connectivity index (χ4n) is 2.19. The van der Waals surface area contributed by atoms with Gasteiger partial charge in [-0.2, -0.15) is 0 Å². The largest absolute Gasteiger partial charge is 0.469 e. The number of halogens is 1. The van der Waals surface area contributed by atoms with E-state index in [1.807, 2.05) is 0 Å². The number of piperidine rings is 1. The summed E-state index contributed by atoms with van der Waals surface area (Å²) >= 11 is 0. The molecule has 1 aliphatic heterocycles. The first-order valence-corrected chi connectivity index (χ1v) is 5.12. The van der Waals surface area contributed by atoms with Gasteiger partial charge in [0.25, 0.3) is 0 Å². The Morgan fingerprint density at radius 2 is 2.07 bits per heavy atom. The molecule has 1 saturated heterocycles. The van der Waals surface area contributed by atoms with Crippen molar-refractivity contribution in [3.05, 3.63) is 0 Å².